The van der Waals surface area contributed by atoms with E-state index in [1.165, 1.54) is 0 Å². The maximum atomic E-state index is 11.1. The van der Waals surface area contributed by atoms with E-state index >= 15 is 0 Å². The fraction of sp³-hybridized carbons (Fsp3) is 0.333. The van der Waals surface area contributed by atoms with Gasteiger partial charge in [0.05, 0.1) is 12.3 Å². The highest BCUT2D eigenvalue weighted by Gasteiger charge is 2.04. The molecule has 1 amide bonds. The number of hydrogen-bond donors (Lipinski definition) is 1. The van der Waals surface area contributed by atoms with Crippen LogP contribution >= 0.6 is 11.6 Å². The van der Waals surface area contributed by atoms with Gasteiger partial charge >= 0.3 is 6.09 Å². The van der Waals surface area contributed by atoms with Gasteiger partial charge in [0.1, 0.15) is 0 Å². The monoisotopic (exact) mass is 254 g/mol. The van der Waals surface area contributed by atoms with E-state index in [4.69, 9.17) is 16.3 Å². The van der Waals surface area contributed by atoms with Gasteiger partial charge in [0.15, 0.2) is 0 Å². The Bertz CT molecular complexity index is 444. The van der Waals surface area contributed by atoms with Gasteiger partial charge in [0, 0.05) is 10.6 Å². The molecule has 0 radical (unpaired) electrons. The van der Waals surface area contributed by atoms with E-state index in [1.807, 2.05) is 26.0 Å². The Kier molecular flexibility index (Phi) is 4.97. The van der Waals surface area contributed by atoms with Gasteiger partial charge in [-0.1, -0.05) is 17.7 Å². The molecule has 0 unspecified atom stereocenters. The number of nitrogens with one attached hydrogen (secondary N) is 1. The molecule has 0 bridgehead atoms. The molecule has 17 heavy (non-hydrogen) atoms. The second kappa shape index (κ2) is 6.25. The summed E-state index contributed by atoms with van der Waals surface area (Å²) in [6.07, 6.45) is -0.557. The summed E-state index contributed by atoms with van der Waals surface area (Å²) in [7, 11) is 0. The first kappa shape index (κ1) is 13.5. The van der Waals surface area contributed by atoms with E-state index < -0.39 is 6.09 Å². The van der Waals surface area contributed by atoms with E-state index in [9.17, 15) is 4.79 Å². The molecule has 1 rings (SSSR count). The fourth-order valence-electron chi connectivity index (χ4n) is 1.39. The molecule has 0 aliphatic heterocycles. The van der Waals surface area contributed by atoms with Crippen LogP contribution in [0.5, 0.6) is 0 Å². The molecular weight excluding hydrogens is 240 g/mol. The normalized spacial score (nSPS) is 11.2. The van der Waals surface area contributed by atoms with Crippen molar-refractivity contribution in [1.82, 2.24) is 5.43 Å². The molecule has 4 nitrogen and oxygen atoms in total. The number of amides is 1. The lowest BCUT2D eigenvalue weighted by molar-refractivity contribution is 0.152. The molecule has 0 heterocycles. The zero-order valence-electron chi connectivity index (χ0n) is 10.1. The Balaban J connectivity index is 2.78. The highest BCUT2D eigenvalue weighted by Crippen LogP contribution is 2.15. The van der Waals surface area contributed by atoms with Crippen LogP contribution in [0, 0.1) is 6.92 Å². The van der Waals surface area contributed by atoms with Crippen molar-refractivity contribution in [2.45, 2.75) is 20.8 Å². The average molecular weight is 255 g/mol. The van der Waals surface area contributed by atoms with E-state index in [2.05, 4.69) is 10.5 Å². The quantitative estimate of drug-likeness (QED) is 0.666. The van der Waals surface area contributed by atoms with Crippen LogP contribution in [0.2, 0.25) is 5.02 Å². The Morgan fingerprint density at radius 1 is 1.53 bits per heavy atom. The van der Waals surface area contributed by atoms with Crippen LogP contribution in [0.15, 0.2) is 23.3 Å². The van der Waals surface area contributed by atoms with Crippen LogP contribution < -0.4 is 5.43 Å². The number of carbonyl (C=O) groups is 1. The Morgan fingerprint density at radius 3 is 2.82 bits per heavy atom. The number of rotatable bonds is 3. The third-order valence-corrected chi connectivity index (χ3v) is 2.40. The van der Waals surface area contributed by atoms with Crippen LogP contribution in [0.1, 0.15) is 25.0 Å². The van der Waals surface area contributed by atoms with Crippen LogP contribution in [-0.2, 0) is 4.74 Å². The number of ether oxygens (including phenoxy) is 1. The predicted octanol–water partition coefficient (Wildman–Crippen LogP) is 3.12. The summed E-state index contributed by atoms with van der Waals surface area (Å²) in [5.74, 6) is 0. The first-order valence-electron chi connectivity index (χ1n) is 5.28. The number of nitrogens with zero attached hydrogens (tertiary/aromatic N) is 1. The molecule has 0 spiro atoms. The molecule has 1 aromatic carbocycles. The van der Waals surface area contributed by atoms with Crippen molar-refractivity contribution in [2.24, 2.45) is 5.10 Å². The highest BCUT2D eigenvalue weighted by molar-refractivity contribution is 6.30. The Labute approximate surface area is 106 Å². The van der Waals surface area contributed by atoms with Crippen LogP contribution in [0.25, 0.3) is 0 Å². The van der Waals surface area contributed by atoms with Gasteiger partial charge in [0.25, 0.3) is 0 Å². The average Bonchev–Trinajstić information content (AvgIpc) is 2.26. The van der Waals surface area contributed by atoms with Crippen molar-refractivity contribution in [1.29, 1.82) is 0 Å². The Morgan fingerprint density at radius 2 is 2.24 bits per heavy atom. The third kappa shape index (κ3) is 4.07. The minimum absolute atomic E-state index is 0.320. The highest BCUT2D eigenvalue weighted by atomic mass is 35.5. The molecule has 0 aromatic heterocycles. The zero-order chi connectivity index (χ0) is 12.8. The number of hydrazone groups is 1. The summed E-state index contributed by atoms with van der Waals surface area (Å²) < 4.78 is 4.70. The number of halogens is 1. The molecule has 0 atom stereocenters. The van der Waals surface area contributed by atoms with Gasteiger partial charge in [-0.2, -0.15) is 5.10 Å². The lowest BCUT2D eigenvalue weighted by Crippen LogP contribution is -2.20. The molecule has 0 aliphatic rings. The first-order chi connectivity index (χ1) is 8.04. The number of carbonyl (C=O) groups excluding carboxylic acids is 1. The van der Waals surface area contributed by atoms with E-state index in [0.717, 1.165) is 11.1 Å². The molecule has 0 fully saturated rings. The molecule has 0 aliphatic carbocycles. The smallest absolute Gasteiger partial charge is 0.427 e. The van der Waals surface area contributed by atoms with E-state index in [0.29, 0.717) is 17.3 Å². The SMILES string of the molecule is CCOC(=O)N/N=C(/C)c1ccc(Cl)cc1C. The number of hydrogen-bond acceptors (Lipinski definition) is 3. The summed E-state index contributed by atoms with van der Waals surface area (Å²) in [6.45, 7) is 5.80. The summed E-state index contributed by atoms with van der Waals surface area (Å²) in [5.41, 5.74) is 4.96. The van der Waals surface area contributed by atoms with Gasteiger partial charge in [-0.3, -0.25) is 0 Å². The second-order valence-corrected chi connectivity index (χ2v) is 3.93. The largest absolute Gasteiger partial charge is 0.449 e. The van der Waals surface area contributed by atoms with Gasteiger partial charge in [-0.05, 0) is 38.5 Å². The molecule has 0 saturated carbocycles. The van der Waals surface area contributed by atoms with Gasteiger partial charge in [-0.25, -0.2) is 10.2 Å². The molecule has 1 aromatic rings. The first-order valence-corrected chi connectivity index (χ1v) is 5.66. The standard InChI is InChI=1S/C12H15ClN2O2/c1-4-17-12(16)15-14-9(3)11-6-5-10(13)7-8(11)2/h5-7H,4H2,1-3H3,(H,15,16)/b14-9-. The minimum atomic E-state index is -0.557. The molecule has 5 heteroatoms. The molecular formula is C12H15ClN2O2. The fourth-order valence-corrected chi connectivity index (χ4v) is 1.61. The lowest BCUT2D eigenvalue weighted by atomic mass is 10.1. The van der Waals surface area contributed by atoms with Crippen molar-refractivity contribution < 1.29 is 9.53 Å². The van der Waals surface area contributed by atoms with Crippen molar-refractivity contribution in [3.05, 3.63) is 34.3 Å². The number of benzene rings is 1. The van der Waals surface area contributed by atoms with Crippen molar-refractivity contribution >= 4 is 23.4 Å². The van der Waals surface area contributed by atoms with Crippen LogP contribution in [-0.4, -0.2) is 18.4 Å². The third-order valence-electron chi connectivity index (χ3n) is 2.17. The van der Waals surface area contributed by atoms with Crippen molar-refractivity contribution in [3.63, 3.8) is 0 Å². The van der Waals surface area contributed by atoms with Crippen LogP contribution in [0.4, 0.5) is 4.79 Å². The van der Waals surface area contributed by atoms with Gasteiger partial charge < -0.3 is 4.74 Å². The molecule has 1 N–H and O–H groups in total. The van der Waals surface area contributed by atoms with E-state index in [1.54, 1.807) is 13.0 Å². The summed E-state index contributed by atoms with van der Waals surface area (Å²) in [4.78, 5) is 11.1. The van der Waals surface area contributed by atoms with E-state index in [-0.39, 0.29) is 0 Å². The molecule has 0 saturated heterocycles. The van der Waals surface area contributed by atoms with Crippen molar-refractivity contribution in [3.8, 4) is 0 Å². The second-order valence-electron chi connectivity index (χ2n) is 3.49. The predicted molar refractivity (Wildman–Crippen MR) is 68.6 cm³/mol. The topological polar surface area (TPSA) is 50.7 Å². The minimum Gasteiger partial charge on any atom is -0.449 e. The zero-order valence-corrected chi connectivity index (χ0v) is 10.8. The van der Waals surface area contributed by atoms with Gasteiger partial charge in [0.2, 0.25) is 0 Å². The van der Waals surface area contributed by atoms with Gasteiger partial charge in [-0.15, -0.1) is 0 Å². The number of aryl methyl sites for hydroxylation is 1. The summed E-state index contributed by atoms with van der Waals surface area (Å²) >= 11 is 5.86. The lowest BCUT2D eigenvalue weighted by Gasteiger charge is -2.06. The maximum absolute atomic E-state index is 11.1. The summed E-state index contributed by atoms with van der Waals surface area (Å²) in [6, 6.07) is 5.50. The van der Waals surface area contributed by atoms with Crippen LogP contribution in [0.3, 0.4) is 0 Å². The Hall–Kier alpha value is -1.55. The molecule has 92 valence electrons. The summed E-state index contributed by atoms with van der Waals surface area (Å²) in [5, 5.41) is 4.63. The van der Waals surface area contributed by atoms with Crippen molar-refractivity contribution in [2.75, 3.05) is 6.61 Å². The maximum Gasteiger partial charge on any atom is 0.427 e.